The zero-order valence-electron chi connectivity index (χ0n) is 10.4. The molecule has 3 N–H and O–H groups in total. The summed E-state index contributed by atoms with van der Waals surface area (Å²) >= 11 is 0. The number of nitro groups is 1. The second kappa shape index (κ2) is 5.77. The van der Waals surface area contributed by atoms with Crippen molar-refractivity contribution in [3.63, 3.8) is 0 Å². The van der Waals surface area contributed by atoms with Crippen molar-refractivity contribution in [1.29, 1.82) is 0 Å². The Hall–Kier alpha value is -1.99. The van der Waals surface area contributed by atoms with Gasteiger partial charge in [-0.2, -0.15) is 0 Å². The maximum absolute atomic E-state index is 11.8. The maximum atomic E-state index is 11.8. The van der Waals surface area contributed by atoms with Gasteiger partial charge in [0, 0.05) is 37.0 Å². The van der Waals surface area contributed by atoms with Crippen LogP contribution < -0.4 is 11.1 Å². The van der Waals surface area contributed by atoms with Crippen molar-refractivity contribution in [2.75, 3.05) is 25.0 Å². The van der Waals surface area contributed by atoms with Gasteiger partial charge in [-0.3, -0.25) is 19.8 Å². The van der Waals surface area contributed by atoms with E-state index < -0.39 is 4.92 Å². The summed E-state index contributed by atoms with van der Waals surface area (Å²) in [4.78, 5) is 23.8. The number of nitrogens with two attached hydrogens (primary N) is 1. The molecule has 1 amide bonds. The normalized spacial score (nSPS) is 19.3. The first kappa shape index (κ1) is 13.4. The number of nitrogens with one attached hydrogen (secondary N) is 1. The van der Waals surface area contributed by atoms with Gasteiger partial charge < -0.3 is 11.1 Å². The van der Waals surface area contributed by atoms with E-state index in [1.54, 1.807) is 0 Å². The zero-order valence-corrected chi connectivity index (χ0v) is 10.4. The summed E-state index contributed by atoms with van der Waals surface area (Å²) in [5.41, 5.74) is 6.32. The van der Waals surface area contributed by atoms with Gasteiger partial charge in [-0.25, -0.2) is 0 Å². The Morgan fingerprint density at radius 1 is 1.47 bits per heavy atom. The SMILES string of the molecule is NC1CCN(CC(=O)Nc2ccc([N+](=O)[O-])cc2)C1. The quantitative estimate of drug-likeness (QED) is 0.611. The lowest BCUT2D eigenvalue weighted by Gasteiger charge is -2.14. The van der Waals surface area contributed by atoms with Crippen LogP contribution in [0, 0.1) is 10.1 Å². The highest BCUT2D eigenvalue weighted by Crippen LogP contribution is 2.15. The number of nitrogens with zero attached hydrogens (tertiary/aromatic N) is 2. The van der Waals surface area contributed by atoms with Gasteiger partial charge in [-0.05, 0) is 18.6 Å². The molecule has 7 heteroatoms. The van der Waals surface area contributed by atoms with Crippen molar-refractivity contribution < 1.29 is 9.72 Å². The highest BCUT2D eigenvalue weighted by Gasteiger charge is 2.20. The molecule has 1 aromatic carbocycles. The van der Waals surface area contributed by atoms with E-state index in [9.17, 15) is 14.9 Å². The molecule has 1 unspecified atom stereocenters. The number of carbonyl (C=O) groups excluding carboxylic acids is 1. The molecule has 2 rings (SSSR count). The Balaban J connectivity index is 1.86. The van der Waals surface area contributed by atoms with E-state index in [0.717, 1.165) is 19.5 Å². The predicted octanol–water partition coefficient (Wildman–Crippen LogP) is 0.566. The van der Waals surface area contributed by atoms with E-state index in [1.165, 1.54) is 24.3 Å². The first-order valence-corrected chi connectivity index (χ1v) is 6.07. The maximum Gasteiger partial charge on any atom is 0.269 e. The molecule has 1 fully saturated rings. The van der Waals surface area contributed by atoms with Crippen LogP contribution in [-0.2, 0) is 4.79 Å². The third kappa shape index (κ3) is 3.73. The fourth-order valence-electron chi connectivity index (χ4n) is 2.08. The molecule has 0 aliphatic carbocycles. The molecule has 0 spiro atoms. The second-order valence-corrected chi connectivity index (χ2v) is 4.64. The first-order chi connectivity index (χ1) is 9.04. The number of amides is 1. The summed E-state index contributed by atoms with van der Waals surface area (Å²) in [6.07, 6.45) is 0.908. The van der Waals surface area contributed by atoms with E-state index in [2.05, 4.69) is 5.32 Å². The van der Waals surface area contributed by atoms with Gasteiger partial charge in [0.1, 0.15) is 0 Å². The van der Waals surface area contributed by atoms with Gasteiger partial charge >= 0.3 is 0 Å². The first-order valence-electron chi connectivity index (χ1n) is 6.07. The number of rotatable bonds is 4. The average molecular weight is 264 g/mol. The van der Waals surface area contributed by atoms with E-state index in [-0.39, 0.29) is 17.6 Å². The largest absolute Gasteiger partial charge is 0.326 e. The number of hydrogen-bond acceptors (Lipinski definition) is 5. The van der Waals surface area contributed by atoms with Gasteiger partial charge in [0.15, 0.2) is 0 Å². The topological polar surface area (TPSA) is 102 Å². The number of hydrogen-bond donors (Lipinski definition) is 2. The summed E-state index contributed by atoms with van der Waals surface area (Å²) in [5.74, 6) is -0.136. The molecule has 1 aromatic rings. The van der Waals surface area contributed by atoms with Crippen molar-refractivity contribution >= 4 is 17.3 Å². The Morgan fingerprint density at radius 2 is 2.16 bits per heavy atom. The fraction of sp³-hybridized carbons (Fsp3) is 0.417. The van der Waals surface area contributed by atoms with Gasteiger partial charge in [-0.15, -0.1) is 0 Å². The van der Waals surface area contributed by atoms with Crippen LogP contribution in [0.2, 0.25) is 0 Å². The molecule has 0 aromatic heterocycles. The lowest BCUT2D eigenvalue weighted by molar-refractivity contribution is -0.384. The fourth-order valence-corrected chi connectivity index (χ4v) is 2.08. The molecular formula is C12H16N4O3. The van der Waals surface area contributed by atoms with E-state index in [4.69, 9.17) is 5.73 Å². The number of carbonyl (C=O) groups is 1. The zero-order chi connectivity index (χ0) is 13.8. The monoisotopic (exact) mass is 264 g/mol. The van der Waals surface area contributed by atoms with Crippen molar-refractivity contribution in [1.82, 2.24) is 4.90 Å². The Kier molecular flexibility index (Phi) is 4.08. The van der Waals surface area contributed by atoms with Crippen LogP contribution in [0.4, 0.5) is 11.4 Å². The lowest BCUT2D eigenvalue weighted by Crippen LogP contribution is -2.33. The summed E-state index contributed by atoms with van der Waals surface area (Å²) < 4.78 is 0. The molecule has 1 heterocycles. The minimum absolute atomic E-state index is 0.00326. The number of nitro benzene ring substituents is 1. The highest BCUT2D eigenvalue weighted by molar-refractivity contribution is 5.92. The van der Waals surface area contributed by atoms with Crippen LogP contribution >= 0.6 is 0 Å². The average Bonchev–Trinajstić information content (AvgIpc) is 2.75. The minimum atomic E-state index is -0.475. The smallest absolute Gasteiger partial charge is 0.269 e. The molecule has 19 heavy (non-hydrogen) atoms. The molecule has 102 valence electrons. The summed E-state index contributed by atoms with van der Waals surface area (Å²) in [5, 5.41) is 13.2. The van der Waals surface area contributed by atoms with Gasteiger partial charge in [0.25, 0.3) is 5.69 Å². The highest BCUT2D eigenvalue weighted by atomic mass is 16.6. The third-order valence-electron chi connectivity index (χ3n) is 3.04. The van der Waals surface area contributed by atoms with Crippen LogP contribution in [0.25, 0.3) is 0 Å². The summed E-state index contributed by atoms with van der Waals surface area (Å²) in [6.45, 7) is 1.85. The second-order valence-electron chi connectivity index (χ2n) is 4.64. The minimum Gasteiger partial charge on any atom is -0.326 e. The molecule has 0 bridgehead atoms. The number of likely N-dealkylation sites (tertiary alicyclic amines) is 1. The van der Waals surface area contributed by atoms with E-state index in [0.29, 0.717) is 12.2 Å². The van der Waals surface area contributed by atoms with Crippen LogP contribution in [0.5, 0.6) is 0 Å². The van der Waals surface area contributed by atoms with Crippen molar-refractivity contribution in [2.45, 2.75) is 12.5 Å². The van der Waals surface area contributed by atoms with Gasteiger partial charge in [0.05, 0.1) is 11.5 Å². The molecule has 1 saturated heterocycles. The molecule has 7 nitrogen and oxygen atoms in total. The summed E-state index contributed by atoms with van der Waals surface area (Å²) in [7, 11) is 0. The van der Waals surface area contributed by atoms with Crippen LogP contribution in [0.3, 0.4) is 0 Å². The molecule has 1 aliphatic heterocycles. The van der Waals surface area contributed by atoms with Crippen LogP contribution in [-0.4, -0.2) is 41.4 Å². The van der Waals surface area contributed by atoms with Crippen molar-refractivity contribution in [3.05, 3.63) is 34.4 Å². The van der Waals surface area contributed by atoms with E-state index >= 15 is 0 Å². The predicted molar refractivity (Wildman–Crippen MR) is 70.8 cm³/mol. The third-order valence-corrected chi connectivity index (χ3v) is 3.04. The van der Waals surface area contributed by atoms with Crippen molar-refractivity contribution in [3.8, 4) is 0 Å². The lowest BCUT2D eigenvalue weighted by atomic mass is 10.3. The standard InChI is InChI=1S/C12H16N4O3/c13-9-5-6-15(7-9)8-12(17)14-10-1-3-11(4-2-10)16(18)19/h1-4,9H,5-8,13H2,(H,14,17). The van der Waals surface area contributed by atoms with E-state index in [1.807, 2.05) is 4.90 Å². The number of benzene rings is 1. The number of non-ortho nitro benzene ring substituents is 1. The molecule has 0 saturated carbocycles. The molecule has 1 atom stereocenters. The van der Waals surface area contributed by atoms with Crippen LogP contribution in [0.1, 0.15) is 6.42 Å². The van der Waals surface area contributed by atoms with Gasteiger partial charge in [-0.1, -0.05) is 0 Å². The Bertz CT molecular complexity index is 474. The summed E-state index contributed by atoms with van der Waals surface area (Å²) in [6, 6.07) is 5.91. The molecule has 1 aliphatic rings. The molecular weight excluding hydrogens is 248 g/mol. The van der Waals surface area contributed by atoms with Gasteiger partial charge in [0.2, 0.25) is 5.91 Å². The number of anilines is 1. The van der Waals surface area contributed by atoms with Crippen molar-refractivity contribution in [2.24, 2.45) is 5.73 Å². The van der Waals surface area contributed by atoms with Crippen LogP contribution in [0.15, 0.2) is 24.3 Å². The Labute approximate surface area is 110 Å². The molecule has 0 radical (unpaired) electrons. The Morgan fingerprint density at radius 3 is 2.68 bits per heavy atom.